The van der Waals surface area contributed by atoms with Crippen molar-refractivity contribution in [3.8, 4) is 0 Å². The van der Waals surface area contributed by atoms with E-state index in [0.29, 0.717) is 49.8 Å². The summed E-state index contributed by atoms with van der Waals surface area (Å²) in [6.07, 6.45) is 0.818. The lowest BCUT2D eigenvalue weighted by molar-refractivity contribution is 0.0952. The number of sulfonamides is 1. The molecule has 1 fully saturated rings. The van der Waals surface area contributed by atoms with Gasteiger partial charge >= 0.3 is 0 Å². The van der Waals surface area contributed by atoms with Crippen LogP contribution in [0.1, 0.15) is 34.1 Å². The first-order valence-electron chi connectivity index (χ1n) is 10.8. The summed E-state index contributed by atoms with van der Waals surface area (Å²) >= 11 is 0. The highest BCUT2D eigenvalue weighted by Crippen LogP contribution is 2.27. The molecule has 0 unspecified atom stereocenters. The SMILES string of the molecule is CCCNC(=O)c1cccc(NC(=O)c2cc(S(=O)(=O)N(C)C)ccc2N2CCOCC2)c1. The lowest BCUT2D eigenvalue weighted by Crippen LogP contribution is -2.37. The fraction of sp³-hybridized carbons (Fsp3) is 0.391. The van der Waals surface area contributed by atoms with Gasteiger partial charge in [-0.25, -0.2) is 12.7 Å². The molecule has 2 amide bonds. The summed E-state index contributed by atoms with van der Waals surface area (Å²) in [6, 6.07) is 11.2. The highest BCUT2D eigenvalue weighted by Gasteiger charge is 2.24. The summed E-state index contributed by atoms with van der Waals surface area (Å²) in [5.74, 6) is -0.681. The minimum absolute atomic E-state index is 0.0300. The first-order valence-corrected chi connectivity index (χ1v) is 12.3. The van der Waals surface area contributed by atoms with Crippen molar-refractivity contribution < 1.29 is 22.7 Å². The molecular weight excluding hydrogens is 444 g/mol. The number of anilines is 2. The van der Waals surface area contributed by atoms with Crippen LogP contribution in [-0.4, -0.2) is 71.5 Å². The van der Waals surface area contributed by atoms with E-state index in [0.717, 1.165) is 10.7 Å². The summed E-state index contributed by atoms with van der Waals surface area (Å²) in [5, 5.41) is 5.62. The highest BCUT2D eigenvalue weighted by molar-refractivity contribution is 7.89. The molecule has 1 aliphatic rings. The summed E-state index contributed by atoms with van der Waals surface area (Å²) in [4.78, 5) is 27.6. The molecule has 2 aromatic carbocycles. The van der Waals surface area contributed by atoms with Crippen LogP contribution in [0.15, 0.2) is 47.4 Å². The van der Waals surface area contributed by atoms with E-state index in [-0.39, 0.29) is 16.4 Å². The van der Waals surface area contributed by atoms with Crippen LogP contribution in [0.25, 0.3) is 0 Å². The lowest BCUT2D eigenvalue weighted by atomic mass is 10.1. The zero-order chi connectivity index (χ0) is 24.0. The third-order valence-electron chi connectivity index (χ3n) is 5.26. The molecule has 178 valence electrons. The van der Waals surface area contributed by atoms with E-state index in [1.165, 1.54) is 26.2 Å². The summed E-state index contributed by atoms with van der Waals surface area (Å²) in [6.45, 7) is 4.75. The van der Waals surface area contributed by atoms with Gasteiger partial charge in [0.15, 0.2) is 0 Å². The molecular formula is C23H30N4O5S. The molecule has 3 rings (SSSR count). The van der Waals surface area contributed by atoms with Crippen LogP contribution in [0.3, 0.4) is 0 Å². The van der Waals surface area contributed by atoms with Crippen LogP contribution < -0.4 is 15.5 Å². The quantitative estimate of drug-likeness (QED) is 0.607. The zero-order valence-corrected chi connectivity index (χ0v) is 19.9. The molecule has 33 heavy (non-hydrogen) atoms. The molecule has 0 spiro atoms. The zero-order valence-electron chi connectivity index (χ0n) is 19.1. The van der Waals surface area contributed by atoms with Crippen LogP contribution in [0.5, 0.6) is 0 Å². The topological polar surface area (TPSA) is 108 Å². The van der Waals surface area contributed by atoms with Crippen LogP contribution in [0.2, 0.25) is 0 Å². The van der Waals surface area contributed by atoms with Crippen molar-refractivity contribution in [2.24, 2.45) is 0 Å². The van der Waals surface area contributed by atoms with E-state index in [4.69, 9.17) is 4.74 Å². The standard InChI is InChI=1S/C23H30N4O5S/c1-4-10-24-22(28)17-6-5-7-18(15-17)25-23(29)20-16-19(33(30,31)26(2)3)8-9-21(20)27-11-13-32-14-12-27/h5-9,15-16H,4,10-14H2,1-3H3,(H,24,28)(H,25,29). The van der Waals surface area contributed by atoms with Gasteiger partial charge in [-0.2, -0.15) is 0 Å². The maximum Gasteiger partial charge on any atom is 0.257 e. The number of amides is 2. The molecule has 10 heteroatoms. The van der Waals surface area contributed by atoms with Gasteiger partial charge < -0.3 is 20.3 Å². The molecule has 1 heterocycles. The third-order valence-corrected chi connectivity index (χ3v) is 7.07. The molecule has 0 aliphatic carbocycles. The Hall–Kier alpha value is -2.95. The van der Waals surface area contributed by atoms with E-state index in [2.05, 4.69) is 10.6 Å². The molecule has 2 aromatic rings. The van der Waals surface area contributed by atoms with Crippen molar-refractivity contribution in [2.75, 3.05) is 57.2 Å². The van der Waals surface area contributed by atoms with Gasteiger partial charge in [-0.1, -0.05) is 13.0 Å². The first kappa shape index (κ1) is 24.7. The maximum atomic E-state index is 13.3. The Kier molecular flexibility index (Phi) is 8.06. The average Bonchev–Trinajstić information content (AvgIpc) is 2.82. The Labute approximate surface area is 194 Å². The number of benzene rings is 2. The Morgan fingerprint density at radius 1 is 1.06 bits per heavy atom. The van der Waals surface area contributed by atoms with Gasteiger partial charge in [-0.05, 0) is 42.8 Å². The number of rotatable bonds is 8. The van der Waals surface area contributed by atoms with Crippen LogP contribution in [0.4, 0.5) is 11.4 Å². The molecule has 0 saturated carbocycles. The molecule has 1 saturated heterocycles. The molecule has 0 radical (unpaired) electrons. The van der Waals surface area contributed by atoms with Gasteiger partial charge in [0, 0.05) is 50.7 Å². The van der Waals surface area contributed by atoms with Gasteiger partial charge in [-0.15, -0.1) is 0 Å². The van der Waals surface area contributed by atoms with Crippen molar-refractivity contribution in [3.05, 3.63) is 53.6 Å². The van der Waals surface area contributed by atoms with Crippen LogP contribution >= 0.6 is 0 Å². The fourth-order valence-corrected chi connectivity index (χ4v) is 4.35. The normalized spacial score (nSPS) is 14.2. The number of nitrogens with zero attached hydrogens (tertiary/aromatic N) is 2. The van der Waals surface area contributed by atoms with E-state index in [1.807, 2.05) is 11.8 Å². The number of hydrogen-bond acceptors (Lipinski definition) is 6. The second-order valence-corrected chi connectivity index (χ2v) is 10.0. The number of carbonyl (C=O) groups is 2. The smallest absolute Gasteiger partial charge is 0.257 e. The van der Waals surface area contributed by atoms with Crippen molar-refractivity contribution in [2.45, 2.75) is 18.2 Å². The van der Waals surface area contributed by atoms with Gasteiger partial charge in [0.2, 0.25) is 10.0 Å². The van der Waals surface area contributed by atoms with E-state index in [1.54, 1.807) is 30.3 Å². The molecule has 0 aromatic heterocycles. The number of nitrogens with one attached hydrogen (secondary N) is 2. The summed E-state index contributed by atoms with van der Waals surface area (Å²) in [7, 11) is -0.834. The lowest BCUT2D eigenvalue weighted by Gasteiger charge is -2.30. The van der Waals surface area contributed by atoms with Crippen molar-refractivity contribution in [1.82, 2.24) is 9.62 Å². The molecule has 1 aliphatic heterocycles. The monoisotopic (exact) mass is 474 g/mol. The summed E-state index contributed by atoms with van der Waals surface area (Å²) < 4.78 is 31.9. The predicted molar refractivity (Wildman–Crippen MR) is 127 cm³/mol. The van der Waals surface area contributed by atoms with Gasteiger partial charge in [0.25, 0.3) is 11.8 Å². The minimum Gasteiger partial charge on any atom is -0.378 e. The fourth-order valence-electron chi connectivity index (χ4n) is 3.43. The predicted octanol–water partition coefficient (Wildman–Crippen LogP) is 2.17. The van der Waals surface area contributed by atoms with Crippen LogP contribution in [0, 0.1) is 0 Å². The van der Waals surface area contributed by atoms with Gasteiger partial charge in [0.1, 0.15) is 0 Å². The second kappa shape index (κ2) is 10.8. The third kappa shape index (κ3) is 5.89. The largest absolute Gasteiger partial charge is 0.378 e. The Balaban J connectivity index is 1.94. The highest BCUT2D eigenvalue weighted by atomic mass is 32.2. The van der Waals surface area contributed by atoms with E-state index >= 15 is 0 Å². The Morgan fingerprint density at radius 3 is 2.45 bits per heavy atom. The maximum absolute atomic E-state index is 13.3. The number of carbonyl (C=O) groups excluding carboxylic acids is 2. The summed E-state index contributed by atoms with van der Waals surface area (Å²) in [5.41, 5.74) is 1.74. The van der Waals surface area contributed by atoms with Crippen LogP contribution in [-0.2, 0) is 14.8 Å². The number of ether oxygens (including phenoxy) is 1. The van der Waals surface area contributed by atoms with Crippen molar-refractivity contribution >= 4 is 33.2 Å². The Morgan fingerprint density at radius 2 is 1.79 bits per heavy atom. The molecule has 0 atom stereocenters. The minimum atomic E-state index is -3.72. The molecule has 2 N–H and O–H groups in total. The van der Waals surface area contributed by atoms with Crippen molar-refractivity contribution in [3.63, 3.8) is 0 Å². The number of morpholine rings is 1. The van der Waals surface area contributed by atoms with E-state index < -0.39 is 15.9 Å². The average molecular weight is 475 g/mol. The first-order chi connectivity index (χ1) is 15.7. The van der Waals surface area contributed by atoms with Gasteiger partial charge in [-0.3, -0.25) is 9.59 Å². The number of hydrogen-bond donors (Lipinski definition) is 2. The van der Waals surface area contributed by atoms with Crippen molar-refractivity contribution in [1.29, 1.82) is 0 Å². The van der Waals surface area contributed by atoms with Gasteiger partial charge in [0.05, 0.1) is 23.7 Å². The second-order valence-electron chi connectivity index (χ2n) is 7.86. The Bertz CT molecular complexity index is 1110. The molecule has 9 nitrogen and oxygen atoms in total. The molecule has 0 bridgehead atoms. The van der Waals surface area contributed by atoms with E-state index in [9.17, 15) is 18.0 Å².